The maximum atomic E-state index is 12.9. The zero-order chi connectivity index (χ0) is 20.9. The third-order valence-corrected chi connectivity index (χ3v) is 4.39. The lowest BCUT2D eigenvalue weighted by atomic mass is 10.2. The Bertz CT molecular complexity index is 974. The van der Waals surface area contributed by atoms with Crippen LogP contribution >= 0.6 is 0 Å². The summed E-state index contributed by atoms with van der Waals surface area (Å²) in [4.78, 5) is 18.7. The summed E-state index contributed by atoms with van der Waals surface area (Å²) in [5.41, 5.74) is 1.30. The van der Waals surface area contributed by atoms with Gasteiger partial charge in [0, 0.05) is 30.7 Å². The van der Waals surface area contributed by atoms with E-state index in [1.54, 1.807) is 12.1 Å². The minimum absolute atomic E-state index is 0.0636. The van der Waals surface area contributed by atoms with Crippen LogP contribution in [0.25, 0.3) is 0 Å². The van der Waals surface area contributed by atoms with Crippen molar-refractivity contribution in [3.05, 3.63) is 89.7 Å². The van der Waals surface area contributed by atoms with Crippen LogP contribution in [0.2, 0.25) is 0 Å². The molecule has 2 aromatic carbocycles. The molecule has 29 heavy (non-hydrogen) atoms. The van der Waals surface area contributed by atoms with Gasteiger partial charge in [0.25, 0.3) is 5.91 Å². The van der Waals surface area contributed by atoms with Crippen LogP contribution in [-0.4, -0.2) is 17.4 Å². The molecule has 1 aromatic heterocycles. The molecule has 1 amide bonds. The summed E-state index contributed by atoms with van der Waals surface area (Å²) in [6, 6.07) is 17.9. The van der Waals surface area contributed by atoms with E-state index in [4.69, 9.17) is 0 Å². The van der Waals surface area contributed by atoms with E-state index >= 15 is 0 Å². The number of rotatable bonds is 6. The Kier molecular flexibility index (Phi) is 6.16. The molecule has 0 aliphatic heterocycles. The Balaban J connectivity index is 1.77. The first kappa shape index (κ1) is 20.4. The highest BCUT2D eigenvalue weighted by molar-refractivity contribution is 6.03. The summed E-state index contributed by atoms with van der Waals surface area (Å²) in [6.07, 6.45) is -2.96. The topological polar surface area (TPSA) is 45.2 Å². The average molecular weight is 399 g/mol. The second-order valence-corrected chi connectivity index (χ2v) is 6.43. The molecule has 1 N–H and O–H groups in total. The zero-order valence-electron chi connectivity index (χ0n) is 15.8. The molecule has 0 aliphatic rings. The smallest absolute Gasteiger partial charge is 0.367 e. The number of halogens is 3. The second-order valence-electron chi connectivity index (χ2n) is 6.43. The van der Waals surface area contributed by atoms with E-state index in [0.717, 1.165) is 23.4 Å². The van der Waals surface area contributed by atoms with Crippen LogP contribution in [0.15, 0.2) is 72.9 Å². The van der Waals surface area contributed by atoms with Crippen LogP contribution in [0.3, 0.4) is 0 Å². The van der Waals surface area contributed by atoms with E-state index in [2.05, 4.69) is 15.2 Å². The number of nitrogens with zero attached hydrogens (tertiary/aromatic N) is 2. The molecule has 3 rings (SSSR count). The van der Waals surface area contributed by atoms with Gasteiger partial charge in [-0.3, -0.25) is 9.78 Å². The predicted molar refractivity (Wildman–Crippen MR) is 107 cm³/mol. The molecule has 0 saturated carbocycles. The number of hydrogen-bond donors (Lipinski definition) is 1. The molecule has 150 valence electrons. The van der Waals surface area contributed by atoms with Crippen LogP contribution in [0.1, 0.15) is 28.5 Å². The van der Waals surface area contributed by atoms with E-state index in [1.807, 2.05) is 37.3 Å². The molecule has 1 heterocycles. The average Bonchev–Trinajstić information content (AvgIpc) is 2.72. The van der Waals surface area contributed by atoms with Gasteiger partial charge < -0.3 is 10.2 Å². The summed E-state index contributed by atoms with van der Waals surface area (Å²) in [7, 11) is 0. The number of alkyl halides is 3. The van der Waals surface area contributed by atoms with E-state index in [1.165, 1.54) is 18.3 Å². The van der Waals surface area contributed by atoms with Gasteiger partial charge in [-0.05, 0) is 42.8 Å². The van der Waals surface area contributed by atoms with Crippen molar-refractivity contribution in [2.75, 3.05) is 16.8 Å². The third kappa shape index (κ3) is 5.34. The maximum absolute atomic E-state index is 12.9. The minimum atomic E-state index is -4.47. The molecule has 7 heteroatoms. The normalized spacial score (nSPS) is 11.2. The first-order chi connectivity index (χ1) is 13.9. The molecule has 0 aliphatic carbocycles. The van der Waals surface area contributed by atoms with Gasteiger partial charge in [0.1, 0.15) is 5.69 Å². The lowest BCUT2D eigenvalue weighted by Gasteiger charge is -2.23. The van der Waals surface area contributed by atoms with Gasteiger partial charge >= 0.3 is 6.18 Å². The van der Waals surface area contributed by atoms with Crippen molar-refractivity contribution in [2.24, 2.45) is 0 Å². The van der Waals surface area contributed by atoms with Crippen LogP contribution in [-0.2, 0) is 12.7 Å². The first-order valence-corrected chi connectivity index (χ1v) is 9.10. The Hall–Kier alpha value is -3.35. The van der Waals surface area contributed by atoms with Crippen molar-refractivity contribution in [1.29, 1.82) is 0 Å². The molecule has 0 atom stereocenters. The Morgan fingerprint density at radius 3 is 2.48 bits per heavy atom. The van der Waals surface area contributed by atoms with Gasteiger partial charge in [-0.2, -0.15) is 13.2 Å². The molecule has 0 saturated heterocycles. The lowest BCUT2D eigenvalue weighted by molar-refractivity contribution is -0.137. The van der Waals surface area contributed by atoms with Gasteiger partial charge in [-0.25, -0.2) is 0 Å². The number of carbonyl (C=O) groups excluding carboxylic acids is 1. The number of hydrogen-bond acceptors (Lipinski definition) is 3. The van der Waals surface area contributed by atoms with Crippen molar-refractivity contribution < 1.29 is 18.0 Å². The summed E-state index contributed by atoms with van der Waals surface area (Å²) in [5, 5.41) is 2.48. The van der Waals surface area contributed by atoms with Crippen molar-refractivity contribution in [3.8, 4) is 0 Å². The van der Waals surface area contributed by atoms with E-state index in [9.17, 15) is 18.0 Å². The SMILES string of the molecule is CCN(Cc1ccccc1)c1ccnc(C(=O)Nc2cccc(C(F)(F)F)c2)c1. The van der Waals surface area contributed by atoms with Crippen molar-refractivity contribution in [2.45, 2.75) is 19.6 Å². The minimum Gasteiger partial charge on any atom is -0.367 e. The molecule has 0 radical (unpaired) electrons. The first-order valence-electron chi connectivity index (χ1n) is 9.10. The molecule has 4 nitrogen and oxygen atoms in total. The number of nitrogens with one attached hydrogen (secondary N) is 1. The number of anilines is 2. The van der Waals surface area contributed by atoms with E-state index in [-0.39, 0.29) is 11.4 Å². The highest BCUT2D eigenvalue weighted by atomic mass is 19.4. The summed E-state index contributed by atoms with van der Waals surface area (Å²) in [5.74, 6) is -0.568. The fraction of sp³-hybridized carbons (Fsp3) is 0.182. The van der Waals surface area contributed by atoms with Crippen LogP contribution in [0, 0.1) is 0 Å². The van der Waals surface area contributed by atoms with Crippen LogP contribution < -0.4 is 10.2 Å². The molecular formula is C22H20F3N3O. The monoisotopic (exact) mass is 399 g/mol. The molecule has 0 unspecified atom stereocenters. The number of amides is 1. The number of pyridine rings is 1. The quantitative estimate of drug-likeness (QED) is 0.605. The molecule has 0 fully saturated rings. The second kappa shape index (κ2) is 8.77. The Labute approximate surface area is 167 Å². The maximum Gasteiger partial charge on any atom is 0.416 e. The van der Waals surface area contributed by atoms with Gasteiger partial charge in [0.15, 0.2) is 0 Å². The Morgan fingerprint density at radius 2 is 1.79 bits per heavy atom. The molecular weight excluding hydrogens is 379 g/mol. The van der Waals surface area contributed by atoms with Gasteiger partial charge in [0.2, 0.25) is 0 Å². The van der Waals surface area contributed by atoms with Crippen molar-refractivity contribution >= 4 is 17.3 Å². The fourth-order valence-corrected chi connectivity index (χ4v) is 2.90. The standard InChI is InChI=1S/C22H20F3N3O/c1-2-28(15-16-7-4-3-5-8-16)19-11-12-26-20(14-19)21(29)27-18-10-6-9-17(13-18)22(23,24)25/h3-14H,2,15H2,1H3,(H,27,29). The number of carbonyl (C=O) groups is 1. The summed E-state index contributed by atoms with van der Waals surface area (Å²) >= 11 is 0. The third-order valence-electron chi connectivity index (χ3n) is 4.39. The lowest BCUT2D eigenvalue weighted by Crippen LogP contribution is -2.23. The van der Waals surface area contributed by atoms with Gasteiger partial charge in [-0.15, -0.1) is 0 Å². The Morgan fingerprint density at radius 1 is 1.03 bits per heavy atom. The predicted octanol–water partition coefficient (Wildman–Crippen LogP) is 5.38. The van der Waals surface area contributed by atoms with Crippen LogP contribution in [0.5, 0.6) is 0 Å². The molecule has 0 spiro atoms. The molecule has 0 bridgehead atoms. The summed E-state index contributed by atoms with van der Waals surface area (Å²) in [6.45, 7) is 3.38. The largest absolute Gasteiger partial charge is 0.416 e. The van der Waals surface area contributed by atoms with Gasteiger partial charge in [-0.1, -0.05) is 36.4 Å². The van der Waals surface area contributed by atoms with E-state index < -0.39 is 17.6 Å². The van der Waals surface area contributed by atoms with Crippen molar-refractivity contribution in [1.82, 2.24) is 4.98 Å². The van der Waals surface area contributed by atoms with Crippen molar-refractivity contribution in [3.63, 3.8) is 0 Å². The zero-order valence-corrected chi connectivity index (χ0v) is 15.8. The fourth-order valence-electron chi connectivity index (χ4n) is 2.90. The van der Waals surface area contributed by atoms with Gasteiger partial charge in [0.05, 0.1) is 5.56 Å². The molecule has 3 aromatic rings. The van der Waals surface area contributed by atoms with Crippen LogP contribution in [0.4, 0.5) is 24.5 Å². The highest BCUT2D eigenvalue weighted by Crippen LogP contribution is 2.30. The number of benzene rings is 2. The number of aromatic nitrogens is 1. The van der Waals surface area contributed by atoms with E-state index in [0.29, 0.717) is 13.1 Å². The highest BCUT2D eigenvalue weighted by Gasteiger charge is 2.30. The summed E-state index contributed by atoms with van der Waals surface area (Å²) < 4.78 is 38.6.